The maximum absolute atomic E-state index is 10.6. The van der Waals surface area contributed by atoms with Gasteiger partial charge in [-0.2, -0.15) is 0 Å². The van der Waals surface area contributed by atoms with E-state index in [9.17, 15) is 10.1 Å². The molecule has 0 N–H and O–H groups in total. The van der Waals surface area contributed by atoms with Crippen molar-refractivity contribution in [3.8, 4) is 0 Å². The second kappa shape index (κ2) is 13.7. The third-order valence-corrected chi connectivity index (χ3v) is 1.99. The zero-order chi connectivity index (χ0) is 14.4. The van der Waals surface area contributed by atoms with Crippen LogP contribution in [-0.2, 0) is 6.42 Å². The van der Waals surface area contributed by atoms with E-state index in [0.717, 1.165) is 24.8 Å². The summed E-state index contributed by atoms with van der Waals surface area (Å²) in [6, 6.07) is 6.93. The van der Waals surface area contributed by atoms with Crippen molar-refractivity contribution in [2.75, 3.05) is 0 Å². The van der Waals surface area contributed by atoms with Crippen molar-refractivity contribution in [1.29, 1.82) is 0 Å². The molecule has 0 atom stereocenters. The second-order valence-electron chi connectivity index (χ2n) is 3.70. The fourth-order valence-corrected chi connectivity index (χ4v) is 1.27. The average Bonchev–Trinajstić information content (AvgIpc) is 2.40. The molecular formula is C15H27NO2. The van der Waals surface area contributed by atoms with Gasteiger partial charge in [-0.3, -0.25) is 10.1 Å². The molecule has 1 aromatic carbocycles. The van der Waals surface area contributed by atoms with E-state index in [2.05, 4.69) is 20.8 Å². The van der Waals surface area contributed by atoms with Gasteiger partial charge in [0.2, 0.25) is 0 Å². The highest BCUT2D eigenvalue weighted by Crippen LogP contribution is 2.19. The number of rotatable bonds is 4. The number of unbranched alkanes of at least 4 members (excludes halogenated alkanes) is 1. The maximum atomic E-state index is 10.6. The molecule has 18 heavy (non-hydrogen) atoms. The van der Waals surface area contributed by atoms with Gasteiger partial charge in [-0.25, -0.2) is 0 Å². The summed E-state index contributed by atoms with van der Waals surface area (Å²) in [6.45, 7) is 10.3. The molecule has 0 spiro atoms. The average molecular weight is 253 g/mol. The van der Waals surface area contributed by atoms with E-state index in [0.29, 0.717) is 0 Å². The largest absolute Gasteiger partial charge is 0.272 e. The lowest BCUT2D eigenvalue weighted by molar-refractivity contribution is -0.385. The summed E-state index contributed by atoms with van der Waals surface area (Å²) in [5, 5.41) is 10.6. The fourth-order valence-electron chi connectivity index (χ4n) is 1.27. The van der Waals surface area contributed by atoms with Crippen LogP contribution in [0.1, 0.15) is 59.4 Å². The summed E-state index contributed by atoms with van der Waals surface area (Å²) in [5.74, 6) is 0. The van der Waals surface area contributed by atoms with Gasteiger partial charge in [0, 0.05) is 11.6 Å². The van der Waals surface area contributed by atoms with Crippen molar-refractivity contribution in [3.63, 3.8) is 0 Å². The number of aryl methyl sites for hydroxylation is 1. The van der Waals surface area contributed by atoms with E-state index < -0.39 is 0 Å². The van der Waals surface area contributed by atoms with Gasteiger partial charge in [-0.15, -0.1) is 0 Å². The molecule has 0 fully saturated rings. The number of hydrogen-bond acceptors (Lipinski definition) is 2. The van der Waals surface area contributed by atoms with Crippen molar-refractivity contribution in [1.82, 2.24) is 0 Å². The minimum absolute atomic E-state index is 0.246. The molecule has 0 aliphatic heterocycles. The van der Waals surface area contributed by atoms with Crippen molar-refractivity contribution in [2.24, 2.45) is 0 Å². The molecule has 0 heterocycles. The number of nitrogens with zero attached hydrogens (tertiary/aromatic N) is 1. The van der Waals surface area contributed by atoms with Crippen molar-refractivity contribution in [2.45, 2.75) is 60.3 Å². The molecule has 0 saturated heterocycles. The van der Waals surface area contributed by atoms with Crippen molar-refractivity contribution >= 4 is 5.69 Å². The van der Waals surface area contributed by atoms with Crippen LogP contribution in [0, 0.1) is 10.1 Å². The molecule has 104 valence electrons. The summed E-state index contributed by atoms with van der Waals surface area (Å²) in [6.07, 6.45) is 4.12. The minimum atomic E-state index is -0.314. The lowest BCUT2D eigenvalue weighted by Crippen LogP contribution is -1.94. The summed E-state index contributed by atoms with van der Waals surface area (Å²) in [4.78, 5) is 10.3. The molecule has 0 aliphatic carbocycles. The first-order valence-electron chi connectivity index (χ1n) is 6.89. The zero-order valence-corrected chi connectivity index (χ0v) is 12.4. The van der Waals surface area contributed by atoms with Crippen LogP contribution in [0.15, 0.2) is 24.3 Å². The summed E-state index contributed by atoms with van der Waals surface area (Å²) in [5.41, 5.74) is 1.09. The topological polar surface area (TPSA) is 43.1 Å². The first-order chi connectivity index (χ1) is 8.67. The first kappa shape index (κ1) is 19.0. The quantitative estimate of drug-likeness (QED) is 0.534. The molecule has 0 amide bonds. The van der Waals surface area contributed by atoms with Crippen LogP contribution in [0.3, 0.4) is 0 Å². The molecule has 0 aromatic heterocycles. The third-order valence-electron chi connectivity index (χ3n) is 1.99. The SMILES string of the molecule is CC.CCC.CCCCc1ccccc1[N+](=O)[O-]. The van der Waals surface area contributed by atoms with Crippen LogP contribution in [0.25, 0.3) is 0 Å². The predicted octanol–water partition coefficient (Wildman–Crippen LogP) is 5.38. The predicted molar refractivity (Wildman–Crippen MR) is 79.0 cm³/mol. The highest BCUT2D eigenvalue weighted by molar-refractivity contribution is 5.39. The molecule has 0 saturated carbocycles. The van der Waals surface area contributed by atoms with Crippen LogP contribution < -0.4 is 0 Å². The molecule has 3 nitrogen and oxygen atoms in total. The Morgan fingerprint density at radius 1 is 1.11 bits per heavy atom. The number of nitro groups is 1. The molecule has 0 radical (unpaired) electrons. The van der Waals surface area contributed by atoms with E-state index in [4.69, 9.17) is 0 Å². The Morgan fingerprint density at radius 3 is 2.06 bits per heavy atom. The van der Waals surface area contributed by atoms with E-state index in [1.165, 1.54) is 6.42 Å². The Hall–Kier alpha value is -1.38. The number of benzene rings is 1. The first-order valence-corrected chi connectivity index (χ1v) is 6.89. The molecule has 0 unspecified atom stereocenters. The van der Waals surface area contributed by atoms with Crippen LogP contribution in [0.4, 0.5) is 5.69 Å². The van der Waals surface area contributed by atoms with Gasteiger partial charge in [0.1, 0.15) is 0 Å². The molecule has 1 rings (SSSR count). The summed E-state index contributed by atoms with van der Waals surface area (Å²) >= 11 is 0. The van der Waals surface area contributed by atoms with Crippen molar-refractivity contribution in [3.05, 3.63) is 39.9 Å². The Morgan fingerprint density at radius 2 is 1.61 bits per heavy atom. The van der Waals surface area contributed by atoms with Gasteiger partial charge in [0.25, 0.3) is 5.69 Å². The number of nitro benzene ring substituents is 1. The van der Waals surface area contributed by atoms with Crippen molar-refractivity contribution < 1.29 is 4.92 Å². The number of hydrogen-bond donors (Lipinski definition) is 0. The van der Waals surface area contributed by atoms with E-state index in [1.807, 2.05) is 26.0 Å². The van der Waals surface area contributed by atoms with Crippen LogP contribution in [0.5, 0.6) is 0 Å². The Labute approximate surface area is 111 Å². The smallest absolute Gasteiger partial charge is 0.258 e. The van der Waals surface area contributed by atoms with Crippen LogP contribution in [0.2, 0.25) is 0 Å². The van der Waals surface area contributed by atoms with Gasteiger partial charge in [-0.05, 0) is 12.8 Å². The van der Waals surface area contributed by atoms with E-state index in [-0.39, 0.29) is 10.6 Å². The minimum Gasteiger partial charge on any atom is -0.258 e. The lowest BCUT2D eigenvalue weighted by Gasteiger charge is -2.00. The summed E-state index contributed by atoms with van der Waals surface area (Å²) < 4.78 is 0. The van der Waals surface area contributed by atoms with Gasteiger partial charge in [-0.1, -0.05) is 65.7 Å². The highest BCUT2D eigenvalue weighted by atomic mass is 16.6. The van der Waals surface area contributed by atoms with Crippen LogP contribution in [-0.4, -0.2) is 4.92 Å². The Kier molecular flexibility index (Phi) is 14.4. The summed E-state index contributed by atoms with van der Waals surface area (Å²) in [7, 11) is 0. The highest BCUT2D eigenvalue weighted by Gasteiger charge is 2.10. The van der Waals surface area contributed by atoms with E-state index >= 15 is 0 Å². The molecule has 1 aromatic rings. The maximum Gasteiger partial charge on any atom is 0.272 e. The molecule has 0 bridgehead atoms. The lowest BCUT2D eigenvalue weighted by atomic mass is 10.1. The monoisotopic (exact) mass is 253 g/mol. The Bertz CT molecular complexity index is 311. The zero-order valence-electron chi connectivity index (χ0n) is 12.4. The standard InChI is InChI=1S/C10H13NO2.C3H8.C2H6/c1-2-3-6-9-7-4-5-8-10(9)11(12)13;1-3-2;1-2/h4-5,7-8H,2-3,6H2,1H3;3H2,1-2H3;1-2H3. The molecule has 3 heteroatoms. The molecular weight excluding hydrogens is 226 g/mol. The fraction of sp³-hybridized carbons (Fsp3) is 0.600. The van der Waals surface area contributed by atoms with Gasteiger partial charge < -0.3 is 0 Å². The third kappa shape index (κ3) is 8.74. The normalized spacial score (nSPS) is 8.50. The van der Waals surface area contributed by atoms with Crippen LogP contribution >= 0.6 is 0 Å². The van der Waals surface area contributed by atoms with Gasteiger partial charge in [0.15, 0.2) is 0 Å². The number of para-hydroxylation sites is 1. The second-order valence-corrected chi connectivity index (χ2v) is 3.70. The Balaban J connectivity index is 0. The van der Waals surface area contributed by atoms with Gasteiger partial charge >= 0.3 is 0 Å². The van der Waals surface area contributed by atoms with E-state index in [1.54, 1.807) is 12.1 Å². The molecule has 0 aliphatic rings. The van der Waals surface area contributed by atoms with Gasteiger partial charge in [0.05, 0.1) is 4.92 Å².